The molecule has 0 N–H and O–H groups in total. The third-order valence-corrected chi connectivity index (χ3v) is 4.63. The predicted molar refractivity (Wildman–Crippen MR) is 74.8 cm³/mol. The van der Waals surface area contributed by atoms with Crippen LogP contribution >= 0.6 is 27.7 Å². The lowest BCUT2D eigenvalue weighted by Gasteiger charge is -2.21. The van der Waals surface area contributed by atoms with E-state index in [0.29, 0.717) is 11.0 Å². The molecule has 0 unspecified atom stereocenters. The standard InChI is InChI=1S/C13H15BrO2S/c14-11-3-1-2-10(8-11)13(15)9-17-12-4-6-16-7-5-12/h1-3,8,12H,4-7,9H2. The second kappa shape index (κ2) is 6.57. The van der Waals surface area contributed by atoms with Crippen LogP contribution in [0.4, 0.5) is 0 Å². The largest absolute Gasteiger partial charge is 0.381 e. The molecular formula is C13H15BrO2S. The van der Waals surface area contributed by atoms with Crippen LogP contribution in [0.5, 0.6) is 0 Å². The summed E-state index contributed by atoms with van der Waals surface area (Å²) in [6.45, 7) is 1.67. The summed E-state index contributed by atoms with van der Waals surface area (Å²) >= 11 is 5.14. The molecule has 1 aliphatic heterocycles. The highest BCUT2D eigenvalue weighted by Crippen LogP contribution is 2.23. The number of halogens is 1. The summed E-state index contributed by atoms with van der Waals surface area (Å²) in [5.41, 5.74) is 0.791. The predicted octanol–water partition coefficient (Wildman–Crippen LogP) is 3.54. The van der Waals surface area contributed by atoms with Gasteiger partial charge in [-0.1, -0.05) is 28.1 Å². The van der Waals surface area contributed by atoms with Crippen LogP contribution in [0, 0.1) is 0 Å². The van der Waals surface area contributed by atoms with E-state index in [1.165, 1.54) is 0 Å². The number of ketones is 1. The smallest absolute Gasteiger partial charge is 0.172 e. The SMILES string of the molecule is O=C(CSC1CCOCC1)c1cccc(Br)c1. The summed E-state index contributed by atoms with van der Waals surface area (Å²) in [6, 6.07) is 7.59. The van der Waals surface area contributed by atoms with Crippen LogP contribution in [0.15, 0.2) is 28.7 Å². The van der Waals surface area contributed by atoms with E-state index in [2.05, 4.69) is 15.9 Å². The summed E-state index contributed by atoms with van der Waals surface area (Å²) in [4.78, 5) is 12.0. The molecule has 1 fully saturated rings. The molecule has 0 amide bonds. The van der Waals surface area contributed by atoms with Crippen molar-refractivity contribution in [3.63, 3.8) is 0 Å². The number of thioether (sulfide) groups is 1. The second-order valence-corrected chi connectivity index (χ2v) is 6.26. The van der Waals surface area contributed by atoms with Gasteiger partial charge in [-0.2, -0.15) is 11.8 Å². The molecular weight excluding hydrogens is 300 g/mol. The van der Waals surface area contributed by atoms with Crippen LogP contribution in [-0.2, 0) is 4.74 Å². The monoisotopic (exact) mass is 314 g/mol. The Kier molecular flexibility index (Phi) is 5.07. The van der Waals surface area contributed by atoms with Gasteiger partial charge >= 0.3 is 0 Å². The normalized spacial score (nSPS) is 17.0. The zero-order valence-corrected chi connectivity index (χ0v) is 11.9. The van der Waals surface area contributed by atoms with Crippen molar-refractivity contribution in [3.05, 3.63) is 34.3 Å². The Morgan fingerprint density at radius 1 is 1.41 bits per heavy atom. The number of Topliss-reactive ketones (excluding diaryl/α,β-unsaturated/α-hetero) is 1. The maximum absolute atomic E-state index is 12.0. The first-order valence-corrected chi connectivity index (χ1v) is 7.58. The van der Waals surface area contributed by atoms with Crippen molar-refractivity contribution in [1.29, 1.82) is 0 Å². The number of hydrogen-bond acceptors (Lipinski definition) is 3. The molecule has 17 heavy (non-hydrogen) atoms. The maximum atomic E-state index is 12.0. The zero-order chi connectivity index (χ0) is 12.1. The zero-order valence-electron chi connectivity index (χ0n) is 9.52. The Hall–Kier alpha value is -0.320. The van der Waals surface area contributed by atoms with Gasteiger partial charge in [0.1, 0.15) is 0 Å². The molecule has 0 spiro atoms. The van der Waals surface area contributed by atoms with Gasteiger partial charge in [0, 0.05) is 28.5 Å². The average Bonchev–Trinajstić information content (AvgIpc) is 2.37. The Labute approximate surface area is 114 Å². The average molecular weight is 315 g/mol. The highest BCUT2D eigenvalue weighted by Gasteiger charge is 2.16. The van der Waals surface area contributed by atoms with Crippen molar-refractivity contribution < 1.29 is 9.53 Å². The second-order valence-electron chi connectivity index (χ2n) is 4.06. The minimum absolute atomic E-state index is 0.211. The van der Waals surface area contributed by atoms with Crippen LogP contribution in [0.2, 0.25) is 0 Å². The number of ether oxygens (including phenoxy) is 1. The quantitative estimate of drug-likeness (QED) is 0.795. The van der Waals surface area contributed by atoms with Crippen molar-refractivity contribution in [3.8, 4) is 0 Å². The van der Waals surface area contributed by atoms with E-state index in [-0.39, 0.29) is 5.78 Å². The highest BCUT2D eigenvalue weighted by atomic mass is 79.9. The maximum Gasteiger partial charge on any atom is 0.172 e. The van der Waals surface area contributed by atoms with E-state index < -0.39 is 0 Å². The Morgan fingerprint density at radius 2 is 2.18 bits per heavy atom. The van der Waals surface area contributed by atoms with Crippen LogP contribution in [-0.4, -0.2) is 30.0 Å². The number of hydrogen-bond donors (Lipinski definition) is 0. The van der Waals surface area contributed by atoms with Crippen LogP contribution in [0.25, 0.3) is 0 Å². The van der Waals surface area contributed by atoms with E-state index >= 15 is 0 Å². The molecule has 0 radical (unpaired) electrons. The molecule has 1 heterocycles. The summed E-state index contributed by atoms with van der Waals surface area (Å²) in [7, 11) is 0. The number of rotatable bonds is 4. The van der Waals surface area contributed by atoms with Gasteiger partial charge in [0.25, 0.3) is 0 Å². The lowest BCUT2D eigenvalue weighted by Crippen LogP contribution is -2.19. The molecule has 92 valence electrons. The third kappa shape index (κ3) is 4.12. The van der Waals surface area contributed by atoms with Crippen LogP contribution in [0.1, 0.15) is 23.2 Å². The first-order chi connectivity index (χ1) is 8.25. The van der Waals surface area contributed by atoms with Crippen molar-refractivity contribution in [2.24, 2.45) is 0 Å². The first kappa shape index (κ1) is 13.1. The van der Waals surface area contributed by atoms with Crippen molar-refractivity contribution in [2.75, 3.05) is 19.0 Å². The van der Waals surface area contributed by atoms with Gasteiger partial charge in [-0.15, -0.1) is 0 Å². The molecule has 1 aromatic carbocycles. The van der Waals surface area contributed by atoms with E-state index in [1.807, 2.05) is 24.3 Å². The van der Waals surface area contributed by atoms with Gasteiger partial charge in [0.2, 0.25) is 0 Å². The van der Waals surface area contributed by atoms with Crippen molar-refractivity contribution in [2.45, 2.75) is 18.1 Å². The fourth-order valence-electron chi connectivity index (χ4n) is 1.78. The Morgan fingerprint density at radius 3 is 2.88 bits per heavy atom. The fourth-order valence-corrected chi connectivity index (χ4v) is 3.26. The van der Waals surface area contributed by atoms with Crippen molar-refractivity contribution >= 4 is 33.5 Å². The lowest BCUT2D eigenvalue weighted by molar-refractivity contribution is 0.0988. The van der Waals surface area contributed by atoms with Gasteiger partial charge in [0.15, 0.2) is 5.78 Å². The molecule has 0 aliphatic carbocycles. The van der Waals surface area contributed by atoms with Gasteiger partial charge in [-0.05, 0) is 25.0 Å². The number of benzene rings is 1. The topological polar surface area (TPSA) is 26.3 Å². The van der Waals surface area contributed by atoms with Gasteiger partial charge in [-0.25, -0.2) is 0 Å². The molecule has 4 heteroatoms. The molecule has 2 rings (SSSR count). The molecule has 0 bridgehead atoms. The summed E-state index contributed by atoms with van der Waals surface area (Å²) in [5.74, 6) is 0.781. The van der Waals surface area contributed by atoms with E-state index in [1.54, 1.807) is 11.8 Å². The Bertz CT molecular complexity index is 389. The highest BCUT2D eigenvalue weighted by molar-refractivity contribution is 9.10. The molecule has 1 aromatic rings. The fraction of sp³-hybridized carbons (Fsp3) is 0.462. The number of carbonyl (C=O) groups excluding carboxylic acids is 1. The molecule has 1 saturated heterocycles. The van der Waals surface area contributed by atoms with E-state index in [0.717, 1.165) is 36.1 Å². The minimum Gasteiger partial charge on any atom is -0.381 e. The summed E-state index contributed by atoms with van der Waals surface area (Å²) in [6.07, 6.45) is 2.13. The first-order valence-electron chi connectivity index (χ1n) is 5.74. The molecule has 2 nitrogen and oxygen atoms in total. The molecule has 0 saturated carbocycles. The molecule has 1 aliphatic rings. The Balaban J connectivity index is 1.84. The van der Waals surface area contributed by atoms with Crippen LogP contribution < -0.4 is 0 Å². The van der Waals surface area contributed by atoms with E-state index in [9.17, 15) is 4.79 Å². The summed E-state index contributed by atoms with van der Waals surface area (Å²) < 4.78 is 6.26. The van der Waals surface area contributed by atoms with Gasteiger partial charge < -0.3 is 4.74 Å². The summed E-state index contributed by atoms with van der Waals surface area (Å²) in [5, 5.41) is 0.583. The van der Waals surface area contributed by atoms with Gasteiger partial charge in [0.05, 0.1) is 5.75 Å². The third-order valence-electron chi connectivity index (χ3n) is 2.77. The minimum atomic E-state index is 0.211. The molecule has 0 atom stereocenters. The lowest BCUT2D eigenvalue weighted by atomic mass is 10.1. The van der Waals surface area contributed by atoms with Crippen molar-refractivity contribution in [1.82, 2.24) is 0 Å². The molecule has 0 aromatic heterocycles. The number of carbonyl (C=O) groups is 1. The van der Waals surface area contributed by atoms with Crippen LogP contribution in [0.3, 0.4) is 0 Å². The van der Waals surface area contributed by atoms with Gasteiger partial charge in [-0.3, -0.25) is 4.79 Å². The van der Waals surface area contributed by atoms with E-state index in [4.69, 9.17) is 4.74 Å².